The quantitative estimate of drug-likeness (QED) is 0.509. The van der Waals surface area contributed by atoms with Crippen LogP contribution in [0.25, 0.3) is 10.2 Å². The Bertz CT molecular complexity index is 1250. The van der Waals surface area contributed by atoms with Crippen LogP contribution in [0, 0.1) is 0 Å². The van der Waals surface area contributed by atoms with Gasteiger partial charge in [-0.15, -0.1) is 11.3 Å². The van der Waals surface area contributed by atoms with Crippen LogP contribution in [-0.4, -0.2) is 16.9 Å². The number of carbonyl (C=O) groups is 2. The molecule has 0 atom stereocenters. The molecule has 3 N–H and O–H groups in total. The van der Waals surface area contributed by atoms with Crippen LogP contribution < -0.4 is 20.7 Å². The minimum absolute atomic E-state index is 0.291. The van der Waals surface area contributed by atoms with E-state index in [-0.39, 0.29) is 6.03 Å². The van der Waals surface area contributed by atoms with Crippen LogP contribution in [0.15, 0.2) is 66.9 Å². The zero-order valence-electron chi connectivity index (χ0n) is 15.0. The number of pyridine rings is 1. The molecule has 0 spiro atoms. The molecule has 3 heterocycles. The monoisotopic (exact) mass is 402 g/mol. The Hall–Kier alpha value is -3.91. The standard InChI is InChI=1S/C21H14N4O3S/c22-19(26)18-17-16-15(10-11-23-20(16)29-18)24-21(27)25(17)12-6-8-14(9-7-12)28-13-4-2-1-3-5-13/h1-11H,(H2,22,26)(H,24,27). The van der Waals surface area contributed by atoms with Gasteiger partial charge in [-0.2, -0.15) is 0 Å². The van der Waals surface area contributed by atoms with E-state index in [0.717, 1.165) is 0 Å². The number of para-hydroxylation sites is 1. The lowest BCUT2D eigenvalue weighted by Gasteiger charge is -2.28. The third-order valence-corrected chi connectivity index (χ3v) is 5.63. The largest absolute Gasteiger partial charge is 0.457 e. The van der Waals surface area contributed by atoms with Gasteiger partial charge in [0.15, 0.2) is 0 Å². The maximum absolute atomic E-state index is 12.9. The van der Waals surface area contributed by atoms with Gasteiger partial charge in [0.1, 0.15) is 21.2 Å². The summed E-state index contributed by atoms with van der Waals surface area (Å²) in [5, 5.41) is 3.55. The molecule has 7 nitrogen and oxygen atoms in total. The van der Waals surface area contributed by atoms with E-state index in [2.05, 4.69) is 10.3 Å². The predicted molar refractivity (Wildman–Crippen MR) is 112 cm³/mol. The van der Waals surface area contributed by atoms with E-state index in [0.29, 0.717) is 43.7 Å². The molecule has 8 heteroatoms. The second-order valence-corrected chi connectivity index (χ2v) is 7.36. The van der Waals surface area contributed by atoms with Crippen molar-refractivity contribution in [1.29, 1.82) is 0 Å². The number of ether oxygens (including phenoxy) is 1. The number of urea groups is 1. The van der Waals surface area contributed by atoms with Gasteiger partial charge >= 0.3 is 6.03 Å². The summed E-state index contributed by atoms with van der Waals surface area (Å²) in [7, 11) is 0. The molecule has 5 rings (SSSR count). The molecule has 0 saturated carbocycles. The summed E-state index contributed by atoms with van der Waals surface area (Å²) in [4.78, 5) is 31.6. The van der Waals surface area contributed by atoms with Crippen LogP contribution in [0.1, 0.15) is 9.67 Å². The van der Waals surface area contributed by atoms with Crippen molar-refractivity contribution in [2.24, 2.45) is 5.73 Å². The van der Waals surface area contributed by atoms with Crippen LogP contribution in [-0.2, 0) is 0 Å². The second kappa shape index (κ2) is 6.61. The van der Waals surface area contributed by atoms with E-state index >= 15 is 0 Å². The van der Waals surface area contributed by atoms with Gasteiger partial charge in [0.25, 0.3) is 5.91 Å². The fourth-order valence-corrected chi connectivity index (χ4v) is 4.30. The number of thiophene rings is 1. The highest BCUT2D eigenvalue weighted by Gasteiger charge is 2.33. The molecule has 29 heavy (non-hydrogen) atoms. The van der Waals surface area contributed by atoms with Gasteiger partial charge in [-0.1, -0.05) is 18.2 Å². The topological polar surface area (TPSA) is 97.6 Å². The summed E-state index contributed by atoms with van der Waals surface area (Å²) in [6.07, 6.45) is 1.59. The molecular formula is C21H14N4O3S. The number of hydrogen-bond acceptors (Lipinski definition) is 5. The predicted octanol–water partition coefficient (Wildman–Crippen LogP) is 4.87. The molecule has 2 aromatic carbocycles. The van der Waals surface area contributed by atoms with Crippen molar-refractivity contribution in [1.82, 2.24) is 4.98 Å². The summed E-state index contributed by atoms with van der Waals surface area (Å²) < 4.78 is 5.81. The molecule has 0 aliphatic carbocycles. The van der Waals surface area contributed by atoms with E-state index in [4.69, 9.17) is 10.5 Å². The fraction of sp³-hybridized carbons (Fsp3) is 0. The van der Waals surface area contributed by atoms with Crippen molar-refractivity contribution < 1.29 is 14.3 Å². The van der Waals surface area contributed by atoms with Gasteiger partial charge in [0.2, 0.25) is 0 Å². The van der Waals surface area contributed by atoms with E-state index < -0.39 is 5.91 Å². The molecule has 1 aliphatic rings. The highest BCUT2D eigenvalue weighted by molar-refractivity contribution is 7.21. The number of aromatic nitrogens is 1. The van der Waals surface area contributed by atoms with Crippen LogP contribution in [0.4, 0.5) is 21.9 Å². The summed E-state index contributed by atoms with van der Waals surface area (Å²) >= 11 is 1.17. The number of hydrogen-bond donors (Lipinski definition) is 2. The Morgan fingerprint density at radius 3 is 2.48 bits per heavy atom. The van der Waals surface area contributed by atoms with E-state index in [9.17, 15) is 9.59 Å². The first-order valence-corrected chi connectivity index (χ1v) is 9.59. The Balaban J connectivity index is 1.58. The Kier molecular flexibility index (Phi) is 3.92. The maximum atomic E-state index is 12.9. The van der Waals surface area contributed by atoms with Gasteiger partial charge < -0.3 is 15.8 Å². The highest BCUT2D eigenvalue weighted by Crippen LogP contribution is 2.46. The molecule has 2 aromatic heterocycles. The minimum Gasteiger partial charge on any atom is -0.457 e. The number of nitrogens with two attached hydrogens (primary N) is 1. The summed E-state index contributed by atoms with van der Waals surface area (Å²) in [5.41, 5.74) is 7.24. The van der Waals surface area contributed by atoms with Gasteiger partial charge in [-0.25, -0.2) is 9.78 Å². The van der Waals surface area contributed by atoms with Crippen LogP contribution in [0.2, 0.25) is 0 Å². The molecule has 0 bridgehead atoms. The smallest absolute Gasteiger partial charge is 0.331 e. The van der Waals surface area contributed by atoms with Gasteiger partial charge in [0.05, 0.1) is 22.4 Å². The number of nitrogens with one attached hydrogen (secondary N) is 1. The van der Waals surface area contributed by atoms with E-state index in [1.165, 1.54) is 16.2 Å². The number of nitrogens with zero attached hydrogens (tertiary/aromatic N) is 2. The lowest BCUT2D eigenvalue weighted by molar-refractivity contribution is 0.100. The number of rotatable bonds is 4. The molecule has 0 radical (unpaired) electrons. The number of anilines is 3. The van der Waals surface area contributed by atoms with Gasteiger partial charge in [-0.05, 0) is 42.5 Å². The van der Waals surface area contributed by atoms with Crippen molar-refractivity contribution in [3.8, 4) is 11.5 Å². The van der Waals surface area contributed by atoms with Crippen molar-refractivity contribution in [2.45, 2.75) is 0 Å². The van der Waals surface area contributed by atoms with Crippen LogP contribution >= 0.6 is 11.3 Å². The number of benzene rings is 2. The molecule has 4 aromatic rings. The molecular weight excluding hydrogens is 388 g/mol. The van der Waals surface area contributed by atoms with Crippen molar-refractivity contribution in [3.05, 3.63) is 71.7 Å². The SMILES string of the molecule is NC(=O)c1sc2nccc3c2c1N(c1ccc(Oc2ccccc2)cc1)C(=O)N3. The van der Waals surface area contributed by atoms with Crippen LogP contribution in [0.3, 0.4) is 0 Å². The van der Waals surface area contributed by atoms with Crippen molar-refractivity contribution >= 4 is 50.6 Å². The van der Waals surface area contributed by atoms with E-state index in [1.807, 2.05) is 30.3 Å². The number of carbonyl (C=O) groups excluding carboxylic acids is 2. The molecule has 142 valence electrons. The first kappa shape index (κ1) is 17.2. The van der Waals surface area contributed by atoms with Gasteiger partial charge in [-0.3, -0.25) is 9.69 Å². The molecule has 0 unspecified atom stereocenters. The highest BCUT2D eigenvalue weighted by atomic mass is 32.1. The molecule has 1 aliphatic heterocycles. The minimum atomic E-state index is -0.599. The average molecular weight is 402 g/mol. The Morgan fingerprint density at radius 2 is 1.76 bits per heavy atom. The Morgan fingerprint density at radius 1 is 1.03 bits per heavy atom. The molecule has 0 fully saturated rings. The second-order valence-electron chi connectivity index (χ2n) is 6.36. The van der Waals surface area contributed by atoms with Crippen molar-refractivity contribution in [3.63, 3.8) is 0 Å². The summed E-state index contributed by atoms with van der Waals surface area (Å²) in [5.74, 6) is 0.745. The third-order valence-electron chi connectivity index (χ3n) is 4.53. The molecule has 0 saturated heterocycles. The zero-order chi connectivity index (χ0) is 20.0. The normalized spacial score (nSPS) is 12.7. The first-order valence-electron chi connectivity index (χ1n) is 8.77. The summed E-state index contributed by atoms with van der Waals surface area (Å²) in [6, 6.07) is 17.8. The maximum Gasteiger partial charge on any atom is 0.331 e. The average Bonchev–Trinajstić information content (AvgIpc) is 3.11. The number of amides is 3. The van der Waals surface area contributed by atoms with Crippen molar-refractivity contribution in [2.75, 3.05) is 10.2 Å². The Labute approximate surface area is 169 Å². The lowest BCUT2D eigenvalue weighted by Crippen LogP contribution is -2.34. The third kappa shape index (κ3) is 2.86. The van der Waals surface area contributed by atoms with E-state index in [1.54, 1.807) is 36.5 Å². The first-order chi connectivity index (χ1) is 14.1. The summed E-state index contributed by atoms with van der Waals surface area (Å²) in [6.45, 7) is 0. The number of primary amides is 1. The van der Waals surface area contributed by atoms with Crippen LogP contribution in [0.5, 0.6) is 11.5 Å². The zero-order valence-corrected chi connectivity index (χ0v) is 15.8. The lowest BCUT2D eigenvalue weighted by atomic mass is 10.1. The van der Waals surface area contributed by atoms with Gasteiger partial charge in [0, 0.05) is 6.20 Å². The molecule has 3 amide bonds. The fourth-order valence-electron chi connectivity index (χ4n) is 3.30.